The molecule has 0 unspecified atom stereocenters. The number of hydrogen-bond acceptors (Lipinski definition) is 4. The van der Waals surface area contributed by atoms with E-state index in [2.05, 4.69) is 15.1 Å². The molecule has 4 nitrogen and oxygen atoms in total. The Morgan fingerprint density at radius 1 is 0.857 bits per heavy atom. The molecule has 0 spiro atoms. The summed E-state index contributed by atoms with van der Waals surface area (Å²) in [5.74, 6) is 0.556. The Balaban J connectivity index is 2.06. The smallest absolute Gasteiger partial charge is 0.258 e. The first-order valence-electron chi connectivity index (χ1n) is 5.65. The summed E-state index contributed by atoms with van der Waals surface area (Å²) in [7, 11) is 0. The summed E-state index contributed by atoms with van der Waals surface area (Å²) in [5.41, 5.74) is 1.10. The summed E-state index contributed by atoms with van der Waals surface area (Å²) in [6.07, 6.45) is 2.91. The third-order valence-electron chi connectivity index (χ3n) is 2.67. The maximum atomic E-state index is 6.06. The average Bonchev–Trinajstić information content (AvgIpc) is 2.91. The van der Waals surface area contributed by atoms with Crippen molar-refractivity contribution in [3.63, 3.8) is 0 Å². The predicted octanol–water partition coefficient (Wildman–Crippen LogP) is 5.41. The molecule has 0 amide bonds. The summed E-state index contributed by atoms with van der Waals surface area (Å²) in [6.45, 7) is 0. The molecule has 0 aliphatic carbocycles. The van der Waals surface area contributed by atoms with Crippen LogP contribution < -0.4 is 0 Å². The van der Waals surface area contributed by atoms with Gasteiger partial charge in [-0.1, -0.05) is 51.6 Å². The molecule has 0 aliphatic heterocycles. The highest BCUT2D eigenvalue weighted by atomic mass is 35.5. The summed E-state index contributed by atoms with van der Waals surface area (Å²) in [6, 6.07) is 5.01. The molecule has 0 bridgehead atoms. The van der Waals surface area contributed by atoms with Crippen LogP contribution in [0.2, 0.25) is 20.1 Å². The van der Waals surface area contributed by atoms with Crippen LogP contribution in [0.4, 0.5) is 0 Å². The largest absolute Gasteiger partial charge is 0.334 e. The maximum Gasteiger partial charge on any atom is 0.258 e. The van der Waals surface area contributed by atoms with Crippen molar-refractivity contribution in [2.45, 2.75) is 0 Å². The Hall–Kier alpha value is -1.33. The monoisotopic (exact) mass is 359 g/mol. The third-order valence-corrected chi connectivity index (χ3v) is 3.98. The Labute approximate surface area is 139 Å². The molecule has 3 rings (SSSR count). The van der Waals surface area contributed by atoms with E-state index >= 15 is 0 Å². The number of benzene rings is 1. The van der Waals surface area contributed by atoms with Gasteiger partial charge in [0.1, 0.15) is 0 Å². The van der Waals surface area contributed by atoms with Crippen molar-refractivity contribution in [2.75, 3.05) is 0 Å². The lowest BCUT2D eigenvalue weighted by Crippen LogP contribution is -1.86. The van der Waals surface area contributed by atoms with Gasteiger partial charge in [-0.15, -0.1) is 0 Å². The molecule has 0 radical (unpaired) electrons. The molecule has 8 heteroatoms. The van der Waals surface area contributed by atoms with Gasteiger partial charge >= 0.3 is 0 Å². The molecule has 3 aromatic rings. The van der Waals surface area contributed by atoms with Gasteiger partial charge in [0.05, 0.1) is 25.7 Å². The molecule has 21 heavy (non-hydrogen) atoms. The van der Waals surface area contributed by atoms with Crippen LogP contribution >= 0.6 is 46.4 Å². The van der Waals surface area contributed by atoms with Crippen LogP contribution in [-0.4, -0.2) is 15.1 Å². The highest BCUT2D eigenvalue weighted by molar-refractivity contribution is 6.42. The number of hydrogen-bond donors (Lipinski definition) is 0. The first-order valence-corrected chi connectivity index (χ1v) is 7.16. The zero-order valence-electron chi connectivity index (χ0n) is 10.1. The Morgan fingerprint density at radius 3 is 2.24 bits per heavy atom. The van der Waals surface area contributed by atoms with Crippen LogP contribution in [0, 0.1) is 0 Å². The van der Waals surface area contributed by atoms with E-state index < -0.39 is 0 Å². The number of pyridine rings is 1. The second-order valence-corrected chi connectivity index (χ2v) is 5.66. The molecule has 0 aliphatic rings. The normalized spacial score (nSPS) is 10.9. The quantitative estimate of drug-likeness (QED) is 0.612. The van der Waals surface area contributed by atoms with E-state index in [9.17, 15) is 0 Å². The van der Waals surface area contributed by atoms with E-state index in [0.29, 0.717) is 31.2 Å². The standard InChI is InChI=1S/C13H5Cl4N3O/c14-7-2-1-6(3-8(7)15)13-19-12(20-21-13)11-9(16)4-18-5-10(11)17/h1-5H. The number of aromatic nitrogens is 3. The first-order chi connectivity index (χ1) is 10.1. The molecule has 0 saturated heterocycles. The van der Waals surface area contributed by atoms with Gasteiger partial charge in [-0.05, 0) is 18.2 Å². The molecule has 0 saturated carbocycles. The molecular formula is C13H5Cl4N3O. The van der Waals surface area contributed by atoms with Crippen LogP contribution in [0.3, 0.4) is 0 Å². The van der Waals surface area contributed by atoms with Gasteiger partial charge in [-0.25, -0.2) is 0 Å². The first kappa shape index (κ1) is 14.6. The second kappa shape index (κ2) is 5.81. The van der Waals surface area contributed by atoms with Crippen LogP contribution in [0.1, 0.15) is 0 Å². The Morgan fingerprint density at radius 2 is 1.57 bits per heavy atom. The summed E-state index contributed by atoms with van der Waals surface area (Å²) >= 11 is 24.0. The van der Waals surface area contributed by atoms with Gasteiger partial charge in [0.15, 0.2) is 0 Å². The van der Waals surface area contributed by atoms with Crippen LogP contribution in [-0.2, 0) is 0 Å². The molecule has 0 N–H and O–H groups in total. The molecule has 2 heterocycles. The predicted molar refractivity (Wildman–Crippen MR) is 83.0 cm³/mol. The maximum absolute atomic E-state index is 6.06. The Bertz CT molecular complexity index is 799. The van der Waals surface area contributed by atoms with Gasteiger partial charge in [-0.3, -0.25) is 4.98 Å². The van der Waals surface area contributed by atoms with Crippen molar-refractivity contribution in [1.82, 2.24) is 15.1 Å². The lowest BCUT2D eigenvalue weighted by atomic mass is 10.2. The van der Waals surface area contributed by atoms with Gasteiger partial charge in [0.25, 0.3) is 5.89 Å². The summed E-state index contributed by atoms with van der Waals surface area (Å²) < 4.78 is 5.21. The molecule has 0 fully saturated rings. The Kier molecular flexibility index (Phi) is 4.04. The summed E-state index contributed by atoms with van der Waals surface area (Å²) in [5, 5.41) is 5.39. The van der Waals surface area contributed by atoms with Crippen LogP contribution in [0.5, 0.6) is 0 Å². The number of halogens is 4. The average molecular weight is 361 g/mol. The fourth-order valence-electron chi connectivity index (χ4n) is 1.70. The van der Waals surface area contributed by atoms with Crippen molar-refractivity contribution in [3.05, 3.63) is 50.7 Å². The topological polar surface area (TPSA) is 51.8 Å². The number of nitrogens with zero attached hydrogens (tertiary/aromatic N) is 3. The zero-order valence-corrected chi connectivity index (χ0v) is 13.2. The zero-order chi connectivity index (χ0) is 15.0. The molecule has 2 aromatic heterocycles. The van der Waals surface area contributed by atoms with E-state index in [0.717, 1.165) is 0 Å². The number of rotatable bonds is 2. The van der Waals surface area contributed by atoms with Crippen molar-refractivity contribution >= 4 is 46.4 Å². The van der Waals surface area contributed by atoms with E-state index in [1.54, 1.807) is 18.2 Å². The summed E-state index contributed by atoms with van der Waals surface area (Å²) in [4.78, 5) is 8.14. The minimum absolute atomic E-state index is 0.272. The minimum atomic E-state index is 0.272. The van der Waals surface area contributed by atoms with E-state index in [1.165, 1.54) is 12.4 Å². The SMILES string of the molecule is Clc1ccc(-c2nc(-c3c(Cl)cncc3Cl)no2)cc1Cl. The lowest BCUT2D eigenvalue weighted by Gasteiger charge is -2.00. The van der Waals surface area contributed by atoms with Gasteiger partial charge < -0.3 is 4.52 Å². The van der Waals surface area contributed by atoms with Crippen LogP contribution in [0.15, 0.2) is 35.1 Å². The van der Waals surface area contributed by atoms with Gasteiger partial charge in [-0.2, -0.15) is 4.98 Å². The molecule has 0 atom stereocenters. The fourth-order valence-corrected chi connectivity index (χ4v) is 2.53. The van der Waals surface area contributed by atoms with E-state index in [4.69, 9.17) is 50.9 Å². The van der Waals surface area contributed by atoms with E-state index in [-0.39, 0.29) is 11.7 Å². The van der Waals surface area contributed by atoms with Crippen molar-refractivity contribution in [2.24, 2.45) is 0 Å². The van der Waals surface area contributed by atoms with Gasteiger partial charge in [0, 0.05) is 18.0 Å². The lowest BCUT2D eigenvalue weighted by molar-refractivity contribution is 0.432. The van der Waals surface area contributed by atoms with E-state index in [1.807, 2.05) is 0 Å². The highest BCUT2D eigenvalue weighted by Gasteiger charge is 2.17. The van der Waals surface area contributed by atoms with Crippen molar-refractivity contribution in [1.29, 1.82) is 0 Å². The van der Waals surface area contributed by atoms with Gasteiger partial charge in [0.2, 0.25) is 5.82 Å². The van der Waals surface area contributed by atoms with Crippen LogP contribution in [0.25, 0.3) is 22.8 Å². The second-order valence-electron chi connectivity index (χ2n) is 4.03. The van der Waals surface area contributed by atoms with Crippen molar-refractivity contribution < 1.29 is 4.52 Å². The highest BCUT2D eigenvalue weighted by Crippen LogP contribution is 2.34. The molecule has 1 aromatic carbocycles. The molecule has 106 valence electrons. The molecular weight excluding hydrogens is 356 g/mol. The van der Waals surface area contributed by atoms with Crippen molar-refractivity contribution in [3.8, 4) is 22.8 Å². The third kappa shape index (κ3) is 2.85. The fraction of sp³-hybridized carbons (Fsp3) is 0. The minimum Gasteiger partial charge on any atom is -0.334 e.